The first-order chi connectivity index (χ1) is 7.25. The van der Waals surface area contributed by atoms with E-state index in [-0.39, 0.29) is 5.91 Å². The second-order valence-corrected chi connectivity index (χ2v) is 4.37. The number of nitrogens with one attached hydrogen (secondary N) is 2. The fourth-order valence-corrected chi connectivity index (χ4v) is 1.57. The molecular formula is C10H13BrN2O2. The Hall–Kier alpha value is -0.810. The first-order valence-electron chi connectivity index (χ1n) is 5.02. The molecule has 0 bridgehead atoms. The summed E-state index contributed by atoms with van der Waals surface area (Å²) in [6.45, 7) is 1.45. The van der Waals surface area contributed by atoms with Crippen molar-refractivity contribution in [2.45, 2.75) is 18.9 Å². The summed E-state index contributed by atoms with van der Waals surface area (Å²) in [7, 11) is 0. The van der Waals surface area contributed by atoms with Gasteiger partial charge in [0.1, 0.15) is 0 Å². The lowest BCUT2D eigenvalue weighted by Crippen LogP contribution is -2.32. The number of amides is 1. The molecule has 82 valence electrons. The molecule has 2 N–H and O–H groups in total. The van der Waals surface area contributed by atoms with E-state index < -0.39 is 0 Å². The molecule has 1 aromatic heterocycles. The standard InChI is InChI=1S/C10H13BrN2O2/c11-9-4-3-8(15-9)10(14)13-6-5-12-7-1-2-7/h3-4,7,12H,1-2,5-6H2,(H,13,14). The first-order valence-corrected chi connectivity index (χ1v) is 5.82. The minimum atomic E-state index is -0.168. The molecule has 5 heteroatoms. The van der Waals surface area contributed by atoms with Gasteiger partial charge < -0.3 is 15.1 Å². The van der Waals surface area contributed by atoms with Gasteiger partial charge in [0.15, 0.2) is 10.4 Å². The van der Waals surface area contributed by atoms with Crippen molar-refractivity contribution < 1.29 is 9.21 Å². The van der Waals surface area contributed by atoms with Crippen LogP contribution in [0.15, 0.2) is 21.2 Å². The van der Waals surface area contributed by atoms with Crippen molar-refractivity contribution in [3.63, 3.8) is 0 Å². The van der Waals surface area contributed by atoms with Crippen LogP contribution < -0.4 is 10.6 Å². The van der Waals surface area contributed by atoms with Crippen molar-refractivity contribution >= 4 is 21.8 Å². The van der Waals surface area contributed by atoms with Crippen LogP contribution in [0.5, 0.6) is 0 Å². The van der Waals surface area contributed by atoms with Gasteiger partial charge in [-0.05, 0) is 40.9 Å². The molecule has 0 aliphatic heterocycles. The van der Waals surface area contributed by atoms with Crippen molar-refractivity contribution in [3.05, 3.63) is 22.6 Å². The summed E-state index contributed by atoms with van der Waals surface area (Å²) >= 11 is 3.15. The topological polar surface area (TPSA) is 54.3 Å². The lowest BCUT2D eigenvalue weighted by atomic mass is 10.4. The highest BCUT2D eigenvalue weighted by atomic mass is 79.9. The molecule has 0 radical (unpaired) electrons. The van der Waals surface area contributed by atoms with Gasteiger partial charge in [0.05, 0.1) is 0 Å². The molecule has 1 amide bonds. The highest BCUT2D eigenvalue weighted by Gasteiger charge is 2.19. The third-order valence-electron chi connectivity index (χ3n) is 2.22. The molecule has 1 heterocycles. The highest BCUT2D eigenvalue weighted by Crippen LogP contribution is 2.17. The quantitative estimate of drug-likeness (QED) is 0.800. The number of rotatable bonds is 5. The Morgan fingerprint density at radius 1 is 1.47 bits per heavy atom. The molecule has 4 nitrogen and oxygen atoms in total. The summed E-state index contributed by atoms with van der Waals surface area (Å²) in [5.74, 6) is 0.173. The zero-order valence-electron chi connectivity index (χ0n) is 8.25. The number of carbonyl (C=O) groups excluding carboxylic acids is 1. The van der Waals surface area contributed by atoms with Gasteiger partial charge in [-0.25, -0.2) is 0 Å². The van der Waals surface area contributed by atoms with E-state index in [1.165, 1.54) is 12.8 Å². The number of furan rings is 1. The molecule has 0 aromatic carbocycles. The van der Waals surface area contributed by atoms with Crippen molar-refractivity contribution in [2.24, 2.45) is 0 Å². The van der Waals surface area contributed by atoms with Crippen molar-refractivity contribution in [1.29, 1.82) is 0 Å². The van der Waals surface area contributed by atoms with Gasteiger partial charge in [-0.15, -0.1) is 0 Å². The van der Waals surface area contributed by atoms with E-state index in [4.69, 9.17) is 4.42 Å². The average molecular weight is 273 g/mol. The molecule has 1 saturated carbocycles. The van der Waals surface area contributed by atoms with Crippen LogP contribution in [0.25, 0.3) is 0 Å². The molecule has 1 aromatic rings. The number of hydrogen-bond donors (Lipinski definition) is 2. The summed E-state index contributed by atoms with van der Waals surface area (Å²) in [5.41, 5.74) is 0. The molecule has 15 heavy (non-hydrogen) atoms. The van der Waals surface area contributed by atoms with E-state index in [0.717, 1.165) is 6.54 Å². The average Bonchev–Trinajstić information content (AvgIpc) is 2.94. The second kappa shape index (κ2) is 4.81. The molecule has 1 fully saturated rings. The Bertz CT molecular complexity index is 347. The van der Waals surface area contributed by atoms with Gasteiger partial charge in [-0.3, -0.25) is 4.79 Å². The molecule has 1 aliphatic rings. The van der Waals surface area contributed by atoms with E-state index in [2.05, 4.69) is 26.6 Å². The lowest BCUT2D eigenvalue weighted by molar-refractivity contribution is 0.0925. The number of carbonyl (C=O) groups is 1. The van der Waals surface area contributed by atoms with E-state index in [9.17, 15) is 4.79 Å². The maximum atomic E-state index is 11.5. The zero-order chi connectivity index (χ0) is 10.7. The molecule has 1 aliphatic carbocycles. The molecule has 0 atom stereocenters. The van der Waals surface area contributed by atoms with Crippen molar-refractivity contribution in [2.75, 3.05) is 13.1 Å². The maximum absolute atomic E-state index is 11.5. The van der Waals surface area contributed by atoms with Crippen LogP contribution in [0.3, 0.4) is 0 Å². The maximum Gasteiger partial charge on any atom is 0.287 e. The van der Waals surface area contributed by atoms with Gasteiger partial charge in [0, 0.05) is 19.1 Å². The zero-order valence-corrected chi connectivity index (χ0v) is 9.84. The molecule has 0 spiro atoms. The Labute approximate surface area is 96.5 Å². The van der Waals surface area contributed by atoms with Crippen LogP contribution in [0.1, 0.15) is 23.4 Å². The normalized spacial score (nSPS) is 15.3. The highest BCUT2D eigenvalue weighted by molar-refractivity contribution is 9.10. The number of hydrogen-bond acceptors (Lipinski definition) is 3. The fourth-order valence-electron chi connectivity index (χ4n) is 1.26. The fraction of sp³-hybridized carbons (Fsp3) is 0.500. The van der Waals surface area contributed by atoms with E-state index >= 15 is 0 Å². The molecule has 0 unspecified atom stereocenters. The Morgan fingerprint density at radius 2 is 2.27 bits per heavy atom. The SMILES string of the molecule is O=C(NCCNC1CC1)c1ccc(Br)o1. The summed E-state index contributed by atoms with van der Waals surface area (Å²) in [5, 5.41) is 6.09. The van der Waals surface area contributed by atoms with Crippen molar-refractivity contribution in [1.82, 2.24) is 10.6 Å². The number of halogens is 1. The predicted molar refractivity (Wildman–Crippen MR) is 59.8 cm³/mol. The second-order valence-electron chi connectivity index (χ2n) is 3.59. The largest absolute Gasteiger partial charge is 0.444 e. The van der Waals surface area contributed by atoms with Crippen LogP contribution in [0, 0.1) is 0 Å². The van der Waals surface area contributed by atoms with Crippen LogP contribution in [0.4, 0.5) is 0 Å². The van der Waals surface area contributed by atoms with Crippen LogP contribution in [-0.4, -0.2) is 25.0 Å². The van der Waals surface area contributed by atoms with E-state index in [0.29, 0.717) is 23.0 Å². The van der Waals surface area contributed by atoms with Gasteiger partial charge in [-0.2, -0.15) is 0 Å². The van der Waals surface area contributed by atoms with E-state index in [1.54, 1.807) is 12.1 Å². The lowest BCUT2D eigenvalue weighted by Gasteiger charge is -2.03. The Balaban J connectivity index is 1.67. The summed E-state index contributed by atoms with van der Waals surface area (Å²) < 4.78 is 5.69. The molecule has 0 saturated heterocycles. The summed E-state index contributed by atoms with van der Waals surface area (Å²) in [6, 6.07) is 4.03. The van der Waals surface area contributed by atoms with Gasteiger partial charge in [0.25, 0.3) is 5.91 Å². The third-order valence-corrected chi connectivity index (χ3v) is 2.64. The minimum absolute atomic E-state index is 0.168. The summed E-state index contributed by atoms with van der Waals surface area (Å²) in [4.78, 5) is 11.5. The monoisotopic (exact) mass is 272 g/mol. The Kier molecular flexibility index (Phi) is 3.43. The first kappa shape index (κ1) is 10.7. The summed E-state index contributed by atoms with van der Waals surface area (Å²) in [6.07, 6.45) is 2.53. The Morgan fingerprint density at radius 3 is 2.87 bits per heavy atom. The molecular weight excluding hydrogens is 260 g/mol. The van der Waals surface area contributed by atoms with Gasteiger partial charge >= 0.3 is 0 Å². The van der Waals surface area contributed by atoms with E-state index in [1.807, 2.05) is 0 Å². The van der Waals surface area contributed by atoms with Crippen LogP contribution in [0.2, 0.25) is 0 Å². The van der Waals surface area contributed by atoms with Gasteiger partial charge in [0.2, 0.25) is 0 Å². The molecule has 2 rings (SSSR count). The smallest absolute Gasteiger partial charge is 0.287 e. The van der Waals surface area contributed by atoms with Crippen LogP contribution in [-0.2, 0) is 0 Å². The van der Waals surface area contributed by atoms with Crippen molar-refractivity contribution in [3.8, 4) is 0 Å². The predicted octanol–water partition coefficient (Wildman–Crippen LogP) is 1.52. The van der Waals surface area contributed by atoms with Crippen LogP contribution >= 0.6 is 15.9 Å². The van der Waals surface area contributed by atoms with Gasteiger partial charge in [-0.1, -0.05) is 0 Å². The third kappa shape index (κ3) is 3.35. The minimum Gasteiger partial charge on any atom is -0.444 e.